The van der Waals surface area contributed by atoms with Gasteiger partial charge in [-0.15, -0.1) is 0 Å². The van der Waals surface area contributed by atoms with Crippen LogP contribution >= 0.6 is 0 Å². The van der Waals surface area contributed by atoms with Crippen molar-refractivity contribution >= 4 is 5.91 Å². The molecule has 0 N–H and O–H groups in total. The molecular weight excluding hydrogens is 362 g/mol. The van der Waals surface area contributed by atoms with Gasteiger partial charge >= 0.3 is 0 Å². The fourth-order valence-electron chi connectivity index (χ4n) is 5.40. The SMILES string of the molecule is CCN(C)C(=O)[C@]1(Cc2ccccc2)C[C@@H]2CC[C@H]1N2Cc1ccnc(OC)c1. The molecule has 3 atom stereocenters. The monoisotopic (exact) mass is 393 g/mol. The molecule has 2 fully saturated rings. The maximum Gasteiger partial charge on any atom is 0.230 e. The van der Waals surface area contributed by atoms with Crippen molar-refractivity contribution in [2.75, 3.05) is 20.7 Å². The lowest BCUT2D eigenvalue weighted by atomic mass is 9.69. The molecule has 0 aliphatic carbocycles. The number of ether oxygens (including phenoxy) is 1. The van der Waals surface area contributed by atoms with Crippen LogP contribution in [0.1, 0.15) is 37.3 Å². The molecule has 5 heteroatoms. The zero-order valence-electron chi connectivity index (χ0n) is 17.7. The summed E-state index contributed by atoms with van der Waals surface area (Å²) in [4.78, 5) is 22.4. The summed E-state index contributed by atoms with van der Waals surface area (Å²) in [7, 11) is 3.59. The first kappa shape index (κ1) is 19.9. The molecule has 1 aromatic carbocycles. The van der Waals surface area contributed by atoms with Crippen molar-refractivity contribution in [1.29, 1.82) is 0 Å². The minimum atomic E-state index is -0.341. The first-order valence-electron chi connectivity index (χ1n) is 10.6. The summed E-state index contributed by atoms with van der Waals surface area (Å²) in [5, 5.41) is 0. The van der Waals surface area contributed by atoms with Crippen molar-refractivity contribution in [2.45, 2.75) is 51.2 Å². The van der Waals surface area contributed by atoms with Crippen molar-refractivity contribution in [3.8, 4) is 5.88 Å². The van der Waals surface area contributed by atoms with Gasteiger partial charge in [-0.05, 0) is 49.8 Å². The average molecular weight is 394 g/mol. The van der Waals surface area contributed by atoms with E-state index in [4.69, 9.17) is 4.74 Å². The molecule has 0 radical (unpaired) electrons. The molecule has 3 heterocycles. The van der Waals surface area contributed by atoms with Crippen LogP contribution in [0.15, 0.2) is 48.7 Å². The molecular formula is C24H31N3O2. The van der Waals surface area contributed by atoms with E-state index in [0.717, 1.165) is 32.4 Å². The Morgan fingerprint density at radius 3 is 2.76 bits per heavy atom. The van der Waals surface area contributed by atoms with Gasteiger partial charge in [-0.2, -0.15) is 0 Å². The topological polar surface area (TPSA) is 45.7 Å². The quantitative estimate of drug-likeness (QED) is 0.722. The van der Waals surface area contributed by atoms with Gasteiger partial charge in [-0.3, -0.25) is 9.69 Å². The molecule has 2 aliphatic heterocycles. The van der Waals surface area contributed by atoms with Gasteiger partial charge in [0.2, 0.25) is 11.8 Å². The smallest absolute Gasteiger partial charge is 0.230 e. The number of fused-ring (bicyclic) bond motifs is 2. The number of benzene rings is 1. The number of carbonyl (C=O) groups is 1. The first-order valence-corrected chi connectivity index (χ1v) is 10.6. The minimum absolute atomic E-state index is 0.272. The van der Waals surface area contributed by atoms with E-state index in [1.165, 1.54) is 17.5 Å². The van der Waals surface area contributed by atoms with E-state index < -0.39 is 0 Å². The molecule has 4 rings (SSSR count). The zero-order chi connectivity index (χ0) is 20.4. The molecule has 0 saturated carbocycles. The highest BCUT2D eigenvalue weighted by Gasteiger charge is 2.59. The van der Waals surface area contributed by atoms with Gasteiger partial charge in [0.15, 0.2) is 0 Å². The lowest BCUT2D eigenvalue weighted by Crippen LogP contribution is -2.50. The number of rotatable bonds is 7. The van der Waals surface area contributed by atoms with Crippen LogP contribution in [0.5, 0.6) is 5.88 Å². The maximum atomic E-state index is 13.7. The third-order valence-corrected chi connectivity index (χ3v) is 6.86. The number of hydrogen-bond acceptors (Lipinski definition) is 4. The number of carbonyl (C=O) groups excluding carboxylic acids is 1. The van der Waals surface area contributed by atoms with Crippen LogP contribution in [0.3, 0.4) is 0 Å². The fraction of sp³-hybridized carbons (Fsp3) is 0.500. The Balaban J connectivity index is 1.65. The van der Waals surface area contributed by atoms with Gasteiger partial charge in [0.1, 0.15) is 0 Å². The Morgan fingerprint density at radius 2 is 2.03 bits per heavy atom. The Kier molecular flexibility index (Phi) is 5.59. The third kappa shape index (κ3) is 3.64. The number of amides is 1. The predicted octanol–water partition coefficient (Wildman–Crippen LogP) is 3.53. The maximum absolute atomic E-state index is 13.7. The summed E-state index contributed by atoms with van der Waals surface area (Å²) >= 11 is 0. The van der Waals surface area contributed by atoms with Crippen molar-refractivity contribution in [2.24, 2.45) is 5.41 Å². The van der Waals surface area contributed by atoms with Crippen molar-refractivity contribution in [3.05, 3.63) is 59.8 Å². The Bertz CT molecular complexity index is 856. The molecule has 2 bridgehead atoms. The van der Waals surface area contributed by atoms with Crippen LogP contribution in [0.4, 0.5) is 0 Å². The standard InChI is InChI=1S/C24H31N3O2/c1-4-26(2)23(28)24(15-18-8-6-5-7-9-18)16-20-10-11-21(24)27(20)17-19-12-13-25-22(14-19)29-3/h5-9,12-14,20-21H,4,10-11,15-17H2,1-3H3/t20-,21+,24+/m0/s1. The van der Waals surface area contributed by atoms with Gasteiger partial charge in [0.25, 0.3) is 0 Å². The second kappa shape index (κ2) is 8.15. The van der Waals surface area contributed by atoms with Gasteiger partial charge in [-0.1, -0.05) is 30.3 Å². The minimum Gasteiger partial charge on any atom is -0.481 e. The Labute approximate surface area is 173 Å². The number of hydrogen-bond donors (Lipinski definition) is 0. The summed E-state index contributed by atoms with van der Waals surface area (Å²) in [6.45, 7) is 3.64. The molecule has 0 unspecified atom stereocenters. The van der Waals surface area contributed by atoms with E-state index in [9.17, 15) is 4.79 Å². The van der Waals surface area contributed by atoms with Gasteiger partial charge < -0.3 is 9.64 Å². The molecule has 2 saturated heterocycles. The molecule has 5 nitrogen and oxygen atoms in total. The van der Waals surface area contributed by atoms with Gasteiger partial charge in [0, 0.05) is 44.5 Å². The second-order valence-corrected chi connectivity index (χ2v) is 8.47. The van der Waals surface area contributed by atoms with Crippen LogP contribution in [0.2, 0.25) is 0 Å². The lowest BCUT2D eigenvalue weighted by molar-refractivity contribution is -0.142. The van der Waals surface area contributed by atoms with E-state index in [2.05, 4.69) is 47.1 Å². The molecule has 29 heavy (non-hydrogen) atoms. The van der Waals surface area contributed by atoms with E-state index >= 15 is 0 Å². The summed E-state index contributed by atoms with van der Waals surface area (Å²) in [6.07, 6.45) is 5.82. The molecule has 1 amide bonds. The van der Waals surface area contributed by atoms with Crippen LogP contribution < -0.4 is 4.74 Å². The molecule has 0 spiro atoms. The van der Waals surface area contributed by atoms with Gasteiger partial charge in [0.05, 0.1) is 12.5 Å². The van der Waals surface area contributed by atoms with E-state index in [0.29, 0.717) is 17.8 Å². The summed E-state index contributed by atoms with van der Waals surface area (Å²) < 4.78 is 5.30. The van der Waals surface area contributed by atoms with Crippen LogP contribution in [0, 0.1) is 5.41 Å². The predicted molar refractivity (Wildman–Crippen MR) is 114 cm³/mol. The lowest BCUT2D eigenvalue weighted by Gasteiger charge is -2.39. The van der Waals surface area contributed by atoms with Crippen molar-refractivity contribution < 1.29 is 9.53 Å². The number of pyridine rings is 1. The highest BCUT2D eigenvalue weighted by molar-refractivity contribution is 5.84. The Hall–Kier alpha value is -2.40. The summed E-state index contributed by atoms with van der Waals surface area (Å²) in [5.41, 5.74) is 2.11. The summed E-state index contributed by atoms with van der Waals surface area (Å²) in [5.74, 6) is 0.944. The summed E-state index contributed by atoms with van der Waals surface area (Å²) in [6, 6.07) is 15.3. The molecule has 154 valence electrons. The van der Waals surface area contributed by atoms with Crippen molar-refractivity contribution in [1.82, 2.24) is 14.8 Å². The van der Waals surface area contributed by atoms with Crippen LogP contribution in [-0.4, -0.2) is 53.5 Å². The number of aromatic nitrogens is 1. The van der Waals surface area contributed by atoms with Crippen molar-refractivity contribution in [3.63, 3.8) is 0 Å². The molecule has 2 aromatic rings. The van der Waals surface area contributed by atoms with E-state index in [-0.39, 0.29) is 11.5 Å². The molecule has 2 aliphatic rings. The number of nitrogens with zero attached hydrogens (tertiary/aromatic N) is 3. The normalized spacial score (nSPS) is 25.9. The number of methoxy groups -OCH3 is 1. The zero-order valence-corrected chi connectivity index (χ0v) is 17.7. The van der Waals surface area contributed by atoms with Gasteiger partial charge in [-0.25, -0.2) is 4.98 Å². The van der Waals surface area contributed by atoms with Crippen LogP contribution in [-0.2, 0) is 17.8 Å². The largest absolute Gasteiger partial charge is 0.481 e. The average Bonchev–Trinajstić information content (AvgIpc) is 3.28. The highest BCUT2D eigenvalue weighted by atomic mass is 16.5. The fourth-order valence-corrected chi connectivity index (χ4v) is 5.40. The highest BCUT2D eigenvalue weighted by Crippen LogP contribution is 2.53. The van der Waals surface area contributed by atoms with Crippen LogP contribution in [0.25, 0.3) is 0 Å². The first-order chi connectivity index (χ1) is 14.1. The van der Waals surface area contributed by atoms with E-state index in [1.54, 1.807) is 13.3 Å². The second-order valence-electron chi connectivity index (χ2n) is 8.47. The van der Waals surface area contributed by atoms with E-state index in [1.807, 2.05) is 24.1 Å². The third-order valence-electron chi connectivity index (χ3n) is 6.86. The Morgan fingerprint density at radius 1 is 1.24 bits per heavy atom. The molecule has 1 aromatic heterocycles.